The van der Waals surface area contributed by atoms with Crippen LogP contribution in [0, 0.1) is 5.92 Å². The first-order valence-electron chi connectivity index (χ1n) is 7.49. The predicted octanol–water partition coefficient (Wildman–Crippen LogP) is 0.888. The van der Waals surface area contributed by atoms with Crippen LogP contribution in [0.2, 0.25) is 0 Å². The van der Waals surface area contributed by atoms with Gasteiger partial charge in [-0.2, -0.15) is 0 Å². The van der Waals surface area contributed by atoms with Crippen LogP contribution in [0.3, 0.4) is 0 Å². The largest absolute Gasteiger partial charge is 0.508 e. The molecule has 2 unspecified atom stereocenters. The van der Waals surface area contributed by atoms with Gasteiger partial charge in [-0.15, -0.1) is 0 Å². The molecular weight excluding hydrogens is 349 g/mol. The topological polar surface area (TPSA) is 147 Å². The summed E-state index contributed by atoms with van der Waals surface area (Å²) in [5.74, 6) is -4.34. The first-order valence-corrected chi connectivity index (χ1v) is 9.10. The monoisotopic (exact) mass is 369 g/mol. The Labute approximate surface area is 144 Å². The van der Waals surface area contributed by atoms with Gasteiger partial charge in [0.25, 0.3) is 0 Å². The van der Waals surface area contributed by atoms with Crippen molar-refractivity contribution in [3.8, 4) is 5.75 Å². The van der Waals surface area contributed by atoms with Crippen molar-refractivity contribution in [3.63, 3.8) is 0 Å². The molecule has 0 heterocycles. The van der Waals surface area contributed by atoms with Crippen LogP contribution in [0.4, 0.5) is 0 Å². The molecule has 1 aliphatic carbocycles. The Morgan fingerprint density at radius 2 is 1.84 bits per heavy atom. The number of benzene rings is 1. The molecule has 6 N–H and O–H groups in total. The lowest BCUT2D eigenvalue weighted by molar-refractivity contribution is -0.188. The van der Waals surface area contributed by atoms with Gasteiger partial charge in [0.2, 0.25) is 0 Å². The first kappa shape index (κ1) is 19.4. The minimum atomic E-state index is -4.72. The lowest BCUT2D eigenvalue weighted by Crippen LogP contribution is -2.42. The van der Waals surface area contributed by atoms with E-state index in [0.717, 1.165) is 17.7 Å². The molecule has 1 aromatic carbocycles. The molecule has 25 heavy (non-hydrogen) atoms. The second-order valence-electron chi connectivity index (χ2n) is 6.07. The van der Waals surface area contributed by atoms with Gasteiger partial charge in [-0.05, 0) is 29.7 Å². The number of rotatable bonds is 6. The summed E-state index contributed by atoms with van der Waals surface area (Å²) in [7, 11) is -4.72. The summed E-state index contributed by atoms with van der Waals surface area (Å²) in [6, 6.07) is 6.23. The summed E-state index contributed by atoms with van der Waals surface area (Å²) in [4.78, 5) is 29.6. The fraction of sp³-hybridized carbons (Fsp3) is 0.312. The lowest BCUT2D eigenvalue weighted by Gasteiger charge is -2.34. The predicted molar refractivity (Wildman–Crippen MR) is 89.2 cm³/mol. The van der Waals surface area contributed by atoms with Gasteiger partial charge in [0.05, 0.1) is 5.92 Å². The van der Waals surface area contributed by atoms with Gasteiger partial charge in [-0.1, -0.05) is 25.1 Å². The Morgan fingerprint density at radius 1 is 1.24 bits per heavy atom. The molecule has 8 nitrogen and oxygen atoms in total. The van der Waals surface area contributed by atoms with Crippen LogP contribution in [0.15, 0.2) is 48.2 Å². The third-order valence-corrected chi connectivity index (χ3v) is 4.48. The molecule has 9 heteroatoms. The molecular formula is C16H20NO7P. The van der Waals surface area contributed by atoms with Gasteiger partial charge in [-0.3, -0.25) is 9.88 Å². The molecule has 0 fully saturated rings. The lowest BCUT2D eigenvalue weighted by atomic mass is 9.83. The Kier molecular flexibility index (Phi) is 5.51. The van der Waals surface area contributed by atoms with E-state index in [1.54, 1.807) is 19.1 Å². The maximum atomic E-state index is 11.5. The van der Waals surface area contributed by atoms with Crippen molar-refractivity contribution >= 4 is 13.5 Å². The van der Waals surface area contributed by atoms with Gasteiger partial charge >= 0.3 is 7.75 Å². The van der Waals surface area contributed by atoms with Crippen molar-refractivity contribution in [2.24, 2.45) is 5.92 Å². The van der Waals surface area contributed by atoms with E-state index in [4.69, 9.17) is 9.79 Å². The van der Waals surface area contributed by atoms with Gasteiger partial charge in [0, 0.05) is 18.2 Å². The summed E-state index contributed by atoms with van der Waals surface area (Å²) in [5, 5.41) is 32.2. The minimum absolute atomic E-state index is 0.0833. The minimum Gasteiger partial charge on any atom is -0.508 e. The zero-order chi connectivity index (χ0) is 18.8. The van der Waals surface area contributed by atoms with Crippen LogP contribution in [-0.4, -0.2) is 36.7 Å². The van der Waals surface area contributed by atoms with Crippen molar-refractivity contribution in [1.82, 2.24) is 5.09 Å². The van der Waals surface area contributed by atoms with Gasteiger partial charge in [-0.25, -0.2) is 4.57 Å². The Morgan fingerprint density at radius 3 is 2.40 bits per heavy atom. The quantitative estimate of drug-likeness (QED) is 0.320. The van der Waals surface area contributed by atoms with Crippen molar-refractivity contribution in [2.45, 2.75) is 25.0 Å². The molecule has 0 bridgehead atoms. The maximum absolute atomic E-state index is 11.5. The van der Waals surface area contributed by atoms with E-state index in [9.17, 15) is 24.7 Å². The van der Waals surface area contributed by atoms with Crippen LogP contribution in [0.25, 0.3) is 0 Å². The highest BCUT2D eigenvalue weighted by Gasteiger charge is 2.40. The average molecular weight is 369 g/mol. The molecule has 0 radical (unpaired) electrons. The van der Waals surface area contributed by atoms with Gasteiger partial charge < -0.3 is 25.1 Å². The highest BCUT2D eigenvalue weighted by atomic mass is 31.2. The number of nitrogens with one attached hydrogen (secondary N) is 1. The van der Waals surface area contributed by atoms with E-state index < -0.39 is 25.2 Å². The fourth-order valence-electron chi connectivity index (χ4n) is 2.76. The summed E-state index contributed by atoms with van der Waals surface area (Å²) in [6.07, 6.45) is 3.07. The molecule has 0 spiro atoms. The molecule has 0 aliphatic heterocycles. The zero-order valence-electron chi connectivity index (χ0n) is 13.4. The number of phenols is 1. The summed E-state index contributed by atoms with van der Waals surface area (Å²) in [6.45, 7) is 1.74. The number of hydrogen-bond donors (Lipinski definition) is 6. The maximum Gasteiger partial charge on any atom is 0.427 e. The van der Waals surface area contributed by atoms with E-state index in [0.29, 0.717) is 0 Å². The van der Waals surface area contributed by atoms with Gasteiger partial charge in [0.15, 0.2) is 11.6 Å². The normalized spacial score (nSPS) is 19.5. The van der Waals surface area contributed by atoms with E-state index in [1.165, 1.54) is 18.2 Å². The summed E-state index contributed by atoms with van der Waals surface area (Å²) >= 11 is 0. The van der Waals surface area contributed by atoms with Gasteiger partial charge in [0.1, 0.15) is 5.75 Å². The Balaban J connectivity index is 2.22. The molecule has 2 atom stereocenters. The summed E-state index contributed by atoms with van der Waals surface area (Å²) in [5.41, 5.74) is 0.485. The van der Waals surface area contributed by atoms with Crippen molar-refractivity contribution in [3.05, 3.63) is 53.8 Å². The van der Waals surface area contributed by atoms with Crippen LogP contribution in [0.5, 0.6) is 5.75 Å². The van der Waals surface area contributed by atoms with E-state index >= 15 is 0 Å². The van der Waals surface area contributed by atoms with E-state index in [1.807, 2.05) is 5.09 Å². The number of hydrogen-bond acceptors (Lipinski definition) is 5. The first-order chi connectivity index (χ1) is 11.5. The van der Waals surface area contributed by atoms with Crippen LogP contribution < -0.4 is 5.09 Å². The molecule has 0 saturated carbocycles. The summed E-state index contributed by atoms with van der Waals surface area (Å²) < 4.78 is 11.2. The van der Waals surface area contributed by atoms with E-state index in [-0.39, 0.29) is 23.8 Å². The number of phenolic OH excluding ortho intramolecular Hbond substituents is 1. The smallest absolute Gasteiger partial charge is 0.427 e. The fourth-order valence-corrected chi connectivity index (χ4v) is 3.30. The number of ketones is 1. The SMILES string of the molecule is CC(CC(O)(O)C1C=CC(=O)C=C1NP(=O)(O)O)c1ccc(O)cc1. The molecule has 1 aliphatic rings. The average Bonchev–Trinajstić information content (AvgIpc) is 2.45. The van der Waals surface area contributed by atoms with Crippen LogP contribution >= 0.6 is 7.75 Å². The van der Waals surface area contributed by atoms with Crippen molar-refractivity contribution in [1.29, 1.82) is 0 Å². The molecule has 0 amide bonds. The third-order valence-electron chi connectivity index (χ3n) is 3.93. The Hall–Kier alpha value is -1.96. The molecule has 2 rings (SSSR count). The molecule has 0 saturated heterocycles. The number of carbonyl (C=O) groups excluding carboxylic acids is 1. The second kappa shape index (κ2) is 7.11. The highest BCUT2D eigenvalue weighted by Crippen LogP contribution is 2.39. The number of aliphatic hydroxyl groups is 2. The highest BCUT2D eigenvalue weighted by molar-refractivity contribution is 7.49. The second-order valence-corrected chi connectivity index (χ2v) is 7.38. The Bertz CT molecular complexity index is 748. The standard InChI is InChI=1S/C16H20NO7P/c1-10(11-2-4-12(18)5-3-11)9-16(20,21)14-7-6-13(19)8-15(14)17-25(22,23)24/h2-8,10,14,18,20-21H,9H2,1H3,(H3,17,22,23,24). The van der Waals surface area contributed by atoms with E-state index in [2.05, 4.69) is 0 Å². The zero-order valence-corrected chi connectivity index (χ0v) is 14.3. The molecule has 1 aromatic rings. The third kappa shape index (κ3) is 5.26. The number of aromatic hydroxyl groups is 1. The van der Waals surface area contributed by atoms with Crippen molar-refractivity contribution < 1.29 is 34.5 Å². The molecule has 0 aromatic heterocycles. The van der Waals surface area contributed by atoms with Crippen LogP contribution in [0.1, 0.15) is 24.8 Å². The van der Waals surface area contributed by atoms with Crippen LogP contribution in [-0.2, 0) is 9.36 Å². The molecule has 136 valence electrons. The number of allylic oxidation sites excluding steroid dienone is 2. The number of carbonyl (C=O) groups is 1. The van der Waals surface area contributed by atoms with Crippen molar-refractivity contribution in [2.75, 3.05) is 0 Å².